The number of aliphatic hydroxyl groups is 4. The van der Waals surface area contributed by atoms with Crippen LogP contribution in [0.3, 0.4) is 0 Å². The molecule has 116 valence electrons. The van der Waals surface area contributed by atoms with Gasteiger partial charge in [-0.1, -0.05) is 0 Å². The molecular formula is C10H14Cl2O8. The Bertz CT molecular complexity index is 333. The monoisotopic (exact) mass is 332 g/mol. The van der Waals surface area contributed by atoms with E-state index < -0.39 is 60.3 Å². The summed E-state index contributed by atoms with van der Waals surface area (Å²) in [7, 11) is 0. The van der Waals surface area contributed by atoms with E-state index in [9.17, 15) is 30.0 Å². The van der Waals surface area contributed by atoms with E-state index in [0.29, 0.717) is 0 Å². The van der Waals surface area contributed by atoms with E-state index in [4.69, 9.17) is 23.2 Å². The fraction of sp³-hybridized carbons (Fsp3) is 0.800. The average molecular weight is 333 g/mol. The molecule has 0 bridgehead atoms. The highest BCUT2D eigenvalue weighted by atomic mass is 35.5. The van der Waals surface area contributed by atoms with Crippen LogP contribution in [0.2, 0.25) is 0 Å². The number of rotatable bonds is 4. The summed E-state index contributed by atoms with van der Waals surface area (Å²) in [6.07, 6.45) is -10.3. The van der Waals surface area contributed by atoms with Crippen LogP contribution in [0.1, 0.15) is 0 Å². The number of carbonyl (C=O) groups excluding carboxylic acids is 2. The van der Waals surface area contributed by atoms with Gasteiger partial charge in [0.25, 0.3) is 0 Å². The third kappa shape index (κ3) is 3.72. The highest BCUT2D eigenvalue weighted by molar-refractivity contribution is 6.26. The highest BCUT2D eigenvalue weighted by Gasteiger charge is 2.52. The predicted molar refractivity (Wildman–Crippen MR) is 65.2 cm³/mol. The molecule has 10 heteroatoms. The highest BCUT2D eigenvalue weighted by Crippen LogP contribution is 2.26. The maximum atomic E-state index is 11.1. The zero-order chi connectivity index (χ0) is 15.4. The van der Waals surface area contributed by atoms with Crippen molar-refractivity contribution in [1.82, 2.24) is 0 Å². The smallest absolute Gasteiger partial charge is 0.321 e. The summed E-state index contributed by atoms with van der Waals surface area (Å²) in [6.45, 7) is 0. The second kappa shape index (κ2) is 7.39. The molecule has 0 saturated heterocycles. The molecule has 0 aromatic rings. The Labute approximate surface area is 123 Å². The lowest BCUT2D eigenvalue weighted by molar-refractivity contribution is -0.239. The molecule has 0 amide bonds. The van der Waals surface area contributed by atoms with E-state index >= 15 is 0 Å². The molecule has 1 rings (SSSR count). The lowest BCUT2D eigenvalue weighted by Crippen LogP contribution is -2.65. The minimum absolute atomic E-state index is 0.541. The van der Waals surface area contributed by atoms with Crippen molar-refractivity contribution >= 4 is 35.1 Å². The Kier molecular flexibility index (Phi) is 6.44. The molecule has 1 aliphatic rings. The van der Waals surface area contributed by atoms with Gasteiger partial charge in [0.2, 0.25) is 0 Å². The van der Waals surface area contributed by atoms with Crippen molar-refractivity contribution in [2.75, 3.05) is 11.8 Å². The van der Waals surface area contributed by atoms with Gasteiger partial charge < -0.3 is 29.9 Å². The third-order valence-electron chi connectivity index (χ3n) is 2.80. The average Bonchev–Trinajstić information content (AvgIpc) is 2.45. The first-order valence-electron chi connectivity index (χ1n) is 5.56. The number of esters is 2. The fourth-order valence-corrected chi connectivity index (χ4v) is 1.95. The van der Waals surface area contributed by atoms with Crippen LogP contribution in [0, 0.1) is 0 Å². The molecule has 6 atom stereocenters. The van der Waals surface area contributed by atoms with Crippen molar-refractivity contribution in [2.45, 2.75) is 36.6 Å². The standard InChI is InChI=1S/C10H14Cl2O8/c11-1-3(13)19-9-6(16)5(15)7(17)10(8(9)18)20-4(14)2-12/h5-10,15-18H,1-2H2/t5?,6-,7+,8?,9+,10-. The Hall–Kier alpha value is -0.640. The van der Waals surface area contributed by atoms with Gasteiger partial charge in [0, 0.05) is 0 Å². The topological polar surface area (TPSA) is 134 Å². The van der Waals surface area contributed by atoms with E-state index in [1.165, 1.54) is 0 Å². The Morgan fingerprint density at radius 1 is 0.750 bits per heavy atom. The van der Waals surface area contributed by atoms with E-state index in [-0.39, 0.29) is 0 Å². The van der Waals surface area contributed by atoms with E-state index in [1.54, 1.807) is 0 Å². The molecule has 4 N–H and O–H groups in total. The molecule has 0 radical (unpaired) electrons. The van der Waals surface area contributed by atoms with E-state index in [1.807, 2.05) is 0 Å². The first-order chi connectivity index (χ1) is 9.33. The maximum absolute atomic E-state index is 11.1. The van der Waals surface area contributed by atoms with Crippen LogP contribution in [-0.4, -0.2) is 80.7 Å². The summed E-state index contributed by atoms with van der Waals surface area (Å²) in [4.78, 5) is 22.2. The van der Waals surface area contributed by atoms with Gasteiger partial charge in [0.15, 0.2) is 12.2 Å². The van der Waals surface area contributed by atoms with Gasteiger partial charge in [0.05, 0.1) is 0 Å². The number of carbonyl (C=O) groups is 2. The molecular weight excluding hydrogens is 319 g/mol. The first-order valence-corrected chi connectivity index (χ1v) is 6.63. The summed E-state index contributed by atoms with van der Waals surface area (Å²) in [5, 5.41) is 38.9. The SMILES string of the molecule is O=C(CCl)O[C@@H]1C(O)[C@H](OC(=O)CCl)[C@@H](O)C(O)[C@H]1O. The van der Waals surface area contributed by atoms with Gasteiger partial charge in [0.1, 0.15) is 36.2 Å². The molecule has 0 aromatic carbocycles. The zero-order valence-corrected chi connectivity index (χ0v) is 11.6. The molecule has 0 spiro atoms. The number of aliphatic hydroxyl groups excluding tert-OH is 4. The summed E-state index contributed by atoms with van der Waals surface area (Å²) < 4.78 is 9.33. The molecule has 0 aliphatic heterocycles. The van der Waals surface area contributed by atoms with Crippen LogP contribution in [0.5, 0.6) is 0 Å². The number of hydrogen-bond donors (Lipinski definition) is 4. The van der Waals surface area contributed by atoms with Crippen molar-refractivity contribution in [3.05, 3.63) is 0 Å². The Morgan fingerprint density at radius 2 is 1.10 bits per heavy atom. The van der Waals surface area contributed by atoms with Crippen LogP contribution < -0.4 is 0 Å². The normalized spacial score (nSPS) is 37.3. The first kappa shape index (κ1) is 17.4. The third-order valence-corrected chi connectivity index (χ3v) is 3.24. The predicted octanol–water partition coefficient (Wildman–Crippen LogP) is -2.26. The molecule has 0 aromatic heterocycles. The number of hydrogen-bond acceptors (Lipinski definition) is 8. The molecule has 1 fully saturated rings. The van der Waals surface area contributed by atoms with Gasteiger partial charge in [-0.25, -0.2) is 0 Å². The maximum Gasteiger partial charge on any atom is 0.321 e. The van der Waals surface area contributed by atoms with Crippen molar-refractivity contribution < 1.29 is 39.5 Å². The van der Waals surface area contributed by atoms with Crippen molar-refractivity contribution in [3.8, 4) is 0 Å². The lowest BCUT2D eigenvalue weighted by Gasteiger charge is -2.42. The largest absolute Gasteiger partial charge is 0.456 e. The molecule has 8 nitrogen and oxygen atoms in total. The zero-order valence-electron chi connectivity index (χ0n) is 10.1. The molecule has 0 heterocycles. The molecule has 1 aliphatic carbocycles. The minimum atomic E-state index is -1.79. The van der Waals surface area contributed by atoms with Gasteiger partial charge in [-0.05, 0) is 0 Å². The number of halogens is 2. The second-order valence-electron chi connectivity index (χ2n) is 4.14. The van der Waals surface area contributed by atoms with Crippen LogP contribution in [0.4, 0.5) is 0 Å². The number of ether oxygens (including phenoxy) is 2. The summed E-state index contributed by atoms with van der Waals surface area (Å²) in [5.41, 5.74) is 0. The van der Waals surface area contributed by atoms with Gasteiger partial charge in [-0.2, -0.15) is 0 Å². The van der Waals surface area contributed by atoms with Crippen LogP contribution in [-0.2, 0) is 19.1 Å². The van der Waals surface area contributed by atoms with Crippen molar-refractivity contribution in [2.24, 2.45) is 0 Å². The van der Waals surface area contributed by atoms with Crippen LogP contribution in [0.15, 0.2) is 0 Å². The van der Waals surface area contributed by atoms with Gasteiger partial charge >= 0.3 is 11.9 Å². The van der Waals surface area contributed by atoms with Gasteiger partial charge in [-0.15, -0.1) is 23.2 Å². The fourth-order valence-electron chi connectivity index (χ4n) is 1.83. The van der Waals surface area contributed by atoms with Crippen LogP contribution >= 0.6 is 23.2 Å². The van der Waals surface area contributed by atoms with E-state index in [2.05, 4.69) is 9.47 Å². The summed E-state index contributed by atoms with van der Waals surface area (Å²) >= 11 is 10.4. The Balaban J connectivity index is 2.89. The lowest BCUT2D eigenvalue weighted by atomic mass is 9.84. The molecule has 2 unspecified atom stereocenters. The van der Waals surface area contributed by atoms with Crippen molar-refractivity contribution in [3.63, 3.8) is 0 Å². The molecule has 1 saturated carbocycles. The Morgan fingerprint density at radius 3 is 1.40 bits per heavy atom. The quantitative estimate of drug-likeness (QED) is 0.335. The summed E-state index contributed by atoms with van der Waals surface area (Å²) in [6, 6.07) is 0. The van der Waals surface area contributed by atoms with Crippen molar-refractivity contribution in [1.29, 1.82) is 0 Å². The van der Waals surface area contributed by atoms with Gasteiger partial charge in [-0.3, -0.25) is 9.59 Å². The van der Waals surface area contributed by atoms with E-state index in [0.717, 1.165) is 0 Å². The number of alkyl halides is 2. The van der Waals surface area contributed by atoms with Crippen LogP contribution in [0.25, 0.3) is 0 Å². The minimum Gasteiger partial charge on any atom is -0.456 e. The molecule has 20 heavy (non-hydrogen) atoms. The summed E-state index contributed by atoms with van der Waals surface area (Å²) in [5.74, 6) is -3.00. The second-order valence-corrected chi connectivity index (χ2v) is 4.67.